The monoisotopic (exact) mass is 146 g/mol. The van der Waals surface area contributed by atoms with Gasteiger partial charge < -0.3 is 0 Å². The van der Waals surface area contributed by atoms with Crippen LogP contribution in [-0.4, -0.2) is 0 Å². The van der Waals surface area contributed by atoms with Gasteiger partial charge in [-0.05, 0) is 6.58 Å². The van der Waals surface area contributed by atoms with Crippen LogP contribution in [-0.2, 0) is 0 Å². The molecule has 56 valence electrons. The second-order valence-corrected chi connectivity index (χ2v) is 2.34. The fourth-order valence-corrected chi connectivity index (χ4v) is 0.882. The Kier molecular flexibility index (Phi) is 2.61. The molecule has 0 unspecified atom stereocenters. The van der Waals surface area contributed by atoms with E-state index in [0.717, 1.165) is 12.1 Å². The molecule has 0 amide bonds. The van der Waals surface area contributed by atoms with E-state index in [1.807, 2.05) is 41.2 Å². The molecule has 1 aromatic rings. The van der Waals surface area contributed by atoms with Gasteiger partial charge >= 0.3 is 0 Å². The van der Waals surface area contributed by atoms with Gasteiger partial charge in [0.25, 0.3) is 0 Å². The summed E-state index contributed by atoms with van der Waals surface area (Å²) in [6.07, 6.45) is 6.63. The van der Waals surface area contributed by atoms with Crippen molar-refractivity contribution in [2.45, 2.75) is 6.42 Å². The number of hydrogen-bond acceptors (Lipinski definition) is 0. The third kappa shape index (κ3) is 2.04. The molecule has 0 fully saturated rings. The number of rotatable bonds is 3. The minimum absolute atomic E-state index is 0.828. The van der Waals surface area contributed by atoms with Crippen molar-refractivity contribution >= 4 is 5.70 Å². The smallest absolute Gasteiger partial charge is 0.171 e. The Morgan fingerprint density at radius 2 is 1.91 bits per heavy atom. The highest BCUT2D eigenvalue weighted by atomic mass is 14.9. The molecule has 0 N–H and O–H groups in total. The minimum atomic E-state index is 0.828. The Morgan fingerprint density at radius 3 is 2.45 bits per heavy atom. The molecule has 1 aromatic heterocycles. The number of hydrogen-bond donors (Lipinski definition) is 0. The van der Waals surface area contributed by atoms with E-state index in [2.05, 4.69) is 13.2 Å². The van der Waals surface area contributed by atoms with E-state index in [1.54, 1.807) is 0 Å². The first-order valence-corrected chi connectivity index (χ1v) is 3.60. The highest BCUT2D eigenvalue weighted by Gasteiger charge is 2.00. The maximum absolute atomic E-state index is 3.91. The van der Waals surface area contributed by atoms with E-state index in [-0.39, 0.29) is 0 Å². The van der Waals surface area contributed by atoms with Crippen molar-refractivity contribution in [1.29, 1.82) is 0 Å². The minimum Gasteiger partial charge on any atom is -0.171 e. The lowest BCUT2D eigenvalue weighted by Gasteiger charge is -1.93. The predicted molar refractivity (Wildman–Crippen MR) is 46.8 cm³/mol. The number of aromatic nitrogens is 1. The van der Waals surface area contributed by atoms with Crippen molar-refractivity contribution in [3.05, 3.63) is 49.8 Å². The lowest BCUT2D eigenvalue weighted by molar-refractivity contribution is -0.582. The lowest BCUT2D eigenvalue weighted by atomic mass is 10.3. The molecule has 0 saturated carbocycles. The molecular formula is C10H12N+. The lowest BCUT2D eigenvalue weighted by Crippen LogP contribution is -2.29. The summed E-state index contributed by atoms with van der Waals surface area (Å²) in [5, 5.41) is 0. The Balaban J connectivity index is 2.77. The molecule has 0 aliphatic carbocycles. The average Bonchev–Trinajstić information content (AvgIpc) is 2.07. The van der Waals surface area contributed by atoms with Crippen molar-refractivity contribution in [3.8, 4) is 0 Å². The van der Waals surface area contributed by atoms with Gasteiger partial charge in [0.1, 0.15) is 0 Å². The molecule has 1 nitrogen and oxygen atoms in total. The summed E-state index contributed by atoms with van der Waals surface area (Å²) < 4.78 is 1.99. The van der Waals surface area contributed by atoms with Crippen LogP contribution in [0.25, 0.3) is 5.70 Å². The first kappa shape index (κ1) is 7.73. The molecule has 0 aliphatic rings. The van der Waals surface area contributed by atoms with Gasteiger partial charge in [-0.15, -0.1) is 6.58 Å². The average molecular weight is 146 g/mol. The van der Waals surface area contributed by atoms with Crippen molar-refractivity contribution in [2.24, 2.45) is 0 Å². The topological polar surface area (TPSA) is 3.88 Å². The molecule has 0 atom stereocenters. The summed E-state index contributed by atoms with van der Waals surface area (Å²) in [5.41, 5.74) is 1.04. The van der Waals surface area contributed by atoms with E-state index in [9.17, 15) is 0 Å². The maximum Gasteiger partial charge on any atom is 0.183 e. The van der Waals surface area contributed by atoms with Crippen LogP contribution in [0.3, 0.4) is 0 Å². The molecule has 0 radical (unpaired) electrons. The van der Waals surface area contributed by atoms with Crippen LogP contribution in [0.15, 0.2) is 49.8 Å². The molecule has 0 spiro atoms. The Hall–Kier alpha value is -1.37. The molecule has 1 heteroatoms. The first-order chi connectivity index (χ1) is 5.34. The first-order valence-electron chi connectivity index (χ1n) is 3.60. The van der Waals surface area contributed by atoms with Crippen LogP contribution < -0.4 is 4.57 Å². The summed E-state index contributed by atoms with van der Waals surface area (Å²) >= 11 is 0. The van der Waals surface area contributed by atoms with E-state index in [1.165, 1.54) is 0 Å². The van der Waals surface area contributed by atoms with E-state index in [4.69, 9.17) is 0 Å². The molecule has 0 bridgehead atoms. The summed E-state index contributed by atoms with van der Waals surface area (Å²) in [5.74, 6) is 0. The largest absolute Gasteiger partial charge is 0.183 e. The van der Waals surface area contributed by atoms with Crippen LogP contribution in [0.2, 0.25) is 0 Å². The van der Waals surface area contributed by atoms with Gasteiger partial charge in [0.05, 0.1) is 6.42 Å². The molecule has 0 aliphatic heterocycles. The van der Waals surface area contributed by atoms with Crippen LogP contribution >= 0.6 is 0 Å². The SMILES string of the molecule is C=CCC(=C)[n+]1ccccc1. The highest BCUT2D eigenvalue weighted by Crippen LogP contribution is 1.95. The quantitative estimate of drug-likeness (QED) is 0.453. The molecule has 1 rings (SSSR count). The van der Waals surface area contributed by atoms with E-state index >= 15 is 0 Å². The van der Waals surface area contributed by atoms with E-state index in [0.29, 0.717) is 0 Å². The van der Waals surface area contributed by atoms with Crippen LogP contribution in [0.5, 0.6) is 0 Å². The van der Waals surface area contributed by atoms with Gasteiger partial charge in [0.2, 0.25) is 0 Å². The van der Waals surface area contributed by atoms with Crippen molar-refractivity contribution < 1.29 is 4.57 Å². The van der Waals surface area contributed by atoms with Gasteiger partial charge in [-0.1, -0.05) is 12.1 Å². The number of nitrogens with zero attached hydrogens (tertiary/aromatic N) is 1. The third-order valence-corrected chi connectivity index (χ3v) is 1.46. The highest BCUT2D eigenvalue weighted by molar-refractivity contribution is 5.29. The van der Waals surface area contributed by atoms with Crippen molar-refractivity contribution in [3.63, 3.8) is 0 Å². The number of allylic oxidation sites excluding steroid dienone is 2. The standard InChI is InChI=1S/C10H12N/c1-3-7-10(2)11-8-5-4-6-9-11/h3-6,8-9H,1-2,7H2/q+1. The Morgan fingerprint density at radius 1 is 1.27 bits per heavy atom. The van der Waals surface area contributed by atoms with Gasteiger partial charge in [-0.3, -0.25) is 0 Å². The van der Waals surface area contributed by atoms with Crippen LogP contribution in [0.1, 0.15) is 6.42 Å². The fourth-order valence-electron chi connectivity index (χ4n) is 0.882. The summed E-state index contributed by atoms with van der Waals surface area (Å²) in [6, 6.07) is 5.94. The van der Waals surface area contributed by atoms with Gasteiger partial charge in [-0.25, -0.2) is 0 Å². The van der Waals surface area contributed by atoms with E-state index < -0.39 is 0 Å². The predicted octanol–water partition coefficient (Wildman–Crippen LogP) is 2.02. The van der Waals surface area contributed by atoms with Crippen LogP contribution in [0, 0.1) is 0 Å². The van der Waals surface area contributed by atoms with Gasteiger partial charge in [-0.2, -0.15) is 4.57 Å². The Labute approximate surface area is 67.3 Å². The van der Waals surface area contributed by atoms with Crippen LogP contribution in [0.4, 0.5) is 0 Å². The van der Waals surface area contributed by atoms with Crippen molar-refractivity contribution in [1.82, 2.24) is 0 Å². The van der Waals surface area contributed by atoms with Crippen molar-refractivity contribution in [2.75, 3.05) is 0 Å². The Bertz CT molecular complexity index is 249. The number of pyridine rings is 1. The molecular weight excluding hydrogens is 134 g/mol. The molecule has 0 saturated heterocycles. The summed E-state index contributed by atoms with van der Waals surface area (Å²) in [6.45, 7) is 7.56. The second kappa shape index (κ2) is 3.71. The normalized spacial score (nSPS) is 9.09. The summed E-state index contributed by atoms with van der Waals surface area (Å²) in [7, 11) is 0. The third-order valence-electron chi connectivity index (χ3n) is 1.46. The zero-order chi connectivity index (χ0) is 8.10. The van der Waals surface area contributed by atoms with Gasteiger partial charge in [0.15, 0.2) is 18.1 Å². The maximum atomic E-state index is 3.91. The zero-order valence-corrected chi connectivity index (χ0v) is 6.53. The second-order valence-electron chi connectivity index (χ2n) is 2.34. The molecule has 1 heterocycles. The van der Waals surface area contributed by atoms with Gasteiger partial charge in [0, 0.05) is 12.1 Å². The zero-order valence-electron chi connectivity index (χ0n) is 6.53. The molecule has 0 aromatic carbocycles. The summed E-state index contributed by atoms with van der Waals surface area (Å²) in [4.78, 5) is 0. The molecule has 11 heavy (non-hydrogen) atoms. The fraction of sp³-hybridized carbons (Fsp3) is 0.100.